The largest absolute Gasteiger partial charge is 0.288 e. The van der Waals surface area contributed by atoms with Gasteiger partial charge >= 0.3 is 0 Å². The van der Waals surface area contributed by atoms with Crippen molar-refractivity contribution in [2.24, 2.45) is 0 Å². The summed E-state index contributed by atoms with van der Waals surface area (Å²) < 4.78 is 0. The molecule has 2 rings (SSSR count). The molecule has 0 aliphatic rings. The second-order valence-corrected chi connectivity index (χ2v) is 3.62. The number of thiophene rings is 1. The molecule has 1 heterocycles. The average molecular weight is 225 g/mol. The standard InChI is InChI=1S/C11H8OS.ClH/c12-11(10-7-4-8-13-10)9-5-2-1-3-6-9;/h1-8H;1H. The topological polar surface area (TPSA) is 17.1 Å². The van der Waals surface area contributed by atoms with Crippen LogP contribution in [0, 0.1) is 0 Å². The summed E-state index contributed by atoms with van der Waals surface area (Å²) in [4.78, 5) is 12.5. The van der Waals surface area contributed by atoms with E-state index in [1.165, 1.54) is 11.3 Å². The first-order chi connectivity index (χ1) is 6.38. The number of carbonyl (C=O) groups is 1. The van der Waals surface area contributed by atoms with Crippen LogP contribution in [0.4, 0.5) is 0 Å². The number of hydrogen-bond acceptors (Lipinski definition) is 2. The van der Waals surface area contributed by atoms with E-state index in [0.717, 1.165) is 10.4 Å². The summed E-state index contributed by atoms with van der Waals surface area (Å²) in [7, 11) is 0. The summed E-state index contributed by atoms with van der Waals surface area (Å²) in [6.07, 6.45) is 0. The minimum absolute atomic E-state index is 0. The van der Waals surface area contributed by atoms with E-state index in [9.17, 15) is 4.79 Å². The van der Waals surface area contributed by atoms with Crippen molar-refractivity contribution in [3.8, 4) is 0 Å². The maximum Gasteiger partial charge on any atom is 0.202 e. The van der Waals surface area contributed by atoms with E-state index in [4.69, 9.17) is 0 Å². The molecule has 0 bridgehead atoms. The highest BCUT2D eigenvalue weighted by Gasteiger charge is 2.07. The Morgan fingerprint density at radius 2 is 1.71 bits per heavy atom. The Morgan fingerprint density at radius 3 is 2.29 bits per heavy atom. The van der Waals surface area contributed by atoms with E-state index >= 15 is 0 Å². The summed E-state index contributed by atoms with van der Waals surface area (Å²) in [6.45, 7) is 0. The molecule has 1 aromatic carbocycles. The Labute approximate surface area is 92.8 Å². The molecular weight excluding hydrogens is 216 g/mol. The van der Waals surface area contributed by atoms with Crippen LogP contribution < -0.4 is 0 Å². The predicted octanol–water partition coefficient (Wildman–Crippen LogP) is 3.40. The van der Waals surface area contributed by atoms with Crippen LogP contribution in [0.2, 0.25) is 0 Å². The van der Waals surface area contributed by atoms with Gasteiger partial charge in [-0.3, -0.25) is 4.79 Å². The maximum absolute atomic E-state index is 11.7. The first-order valence-electron chi connectivity index (χ1n) is 4.01. The summed E-state index contributed by atoms with van der Waals surface area (Å²) in [6, 6.07) is 13.1. The highest BCUT2D eigenvalue weighted by molar-refractivity contribution is 7.12. The Morgan fingerprint density at radius 1 is 1.00 bits per heavy atom. The summed E-state index contributed by atoms with van der Waals surface area (Å²) >= 11 is 1.48. The lowest BCUT2D eigenvalue weighted by molar-refractivity contribution is 0.104. The molecule has 0 amide bonds. The van der Waals surface area contributed by atoms with Crippen molar-refractivity contribution in [2.75, 3.05) is 0 Å². The molecule has 2 aromatic rings. The van der Waals surface area contributed by atoms with Gasteiger partial charge in [-0.1, -0.05) is 36.4 Å². The van der Waals surface area contributed by atoms with Crippen molar-refractivity contribution in [1.29, 1.82) is 0 Å². The number of hydrogen-bond donors (Lipinski definition) is 0. The molecule has 3 heteroatoms. The smallest absolute Gasteiger partial charge is 0.202 e. The number of carbonyl (C=O) groups excluding carboxylic acids is 1. The molecule has 0 aliphatic carbocycles. The predicted molar refractivity (Wildman–Crippen MR) is 61.4 cm³/mol. The zero-order valence-corrected chi connectivity index (χ0v) is 8.98. The quantitative estimate of drug-likeness (QED) is 0.715. The zero-order chi connectivity index (χ0) is 9.10. The van der Waals surface area contributed by atoms with Crippen molar-refractivity contribution in [2.45, 2.75) is 0 Å². The Kier molecular flexibility index (Phi) is 3.86. The van der Waals surface area contributed by atoms with Crippen LogP contribution in [0.15, 0.2) is 47.8 Å². The normalized spacial score (nSPS) is 9.14. The third-order valence-corrected chi connectivity index (χ3v) is 2.65. The van der Waals surface area contributed by atoms with Gasteiger partial charge in [0.25, 0.3) is 0 Å². The Balaban J connectivity index is 0.000000980. The Hall–Kier alpha value is -1.12. The molecule has 14 heavy (non-hydrogen) atoms. The zero-order valence-electron chi connectivity index (χ0n) is 7.34. The van der Waals surface area contributed by atoms with Gasteiger partial charge in [-0.2, -0.15) is 0 Å². The van der Waals surface area contributed by atoms with Crippen molar-refractivity contribution in [3.63, 3.8) is 0 Å². The van der Waals surface area contributed by atoms with E-state index in [1.54, 1.807) is 0 Å². The molecule has 0 unspecified atom stereocenters. The lowest BCUT2D eigenvalue weighted by Gasteiger charge is -1.95. The molecule has 1 nitrogen and oxygen atoms in total. The lowest BCUT2D eigenvalue weighted by Crippen LogP contribution is -1.96. The minimum Gasteiger partial charge on any atom is -0.288 e. The van der Waals surface area contributed by atoms with Crippen LogP contribution in [0.1, 0.15) is 15.2 Å². The van der Waals surface area contributed by atoms with Crippen LogP contribution in [0.3, 0.4) is 0 Å². The summed E-state index contributed by atoms with van der Waals surface area (Å²) in [5.74, 6) is 0.107. The minimum atomic E-state index is 0. The monoisotopic (exact) mass is 224 g/mol. The number of ketones is 1. The van der Waals surface area contributed by atoms with Crippen LogP contribution in [-0.2, 0) is 0 Å². The molecule has 1 aromatic heterocycles. The van der Waals surface area contributed by atoms with Gasteiger partial charge < -0.3 is 0 Å². The van der Waals surface area contributed by atoms with E-state index in [2.05, 4.69) is 0 Å². The second kappa shape index (κ2) is 4.94. The second-order valence-electron chi connectivity index (χ2n) is 2.67. The lowest BCUT2D eigenvalue weighted by atomic mass is 10.1. The van der Waals surface area contributed by atoms with E-state index in [0.29, 0.717) is 0 Å². The molecular formula is C11H9ClOS. The molecule has 0 atom stereocenters. The van der Waals surface area contributed by atoms with Crippen LogP contribution >= 0.6 is 23.7 Å². The van der Waals surface area contributed by atoms with Gasteiger partial charge in [-0.05, 0) is 11.4 Å². The van der Waals surface area contributed by atoms with Crippen LogP contribution in [0.5, 0.6) is 0 Å². The number of benzene rings is 1. The van der Waals surface area contributed by atoms with Gasteiger partial charge in [0.05, 0.1) is 4.88 Å². The van der Waals surface area contributed by atoms with Gasteiger partial charge in [0, 0.05) is 5.56 Å². The molecule has 72 valence electrons. The fourth-order valence-electron chi connectivity index (χ4n) is 1.14. The Bertz CT molecular complexity index is 394. The van der Waals surface area contributed by atoms with E-state index < -0.39 is 0 Å². The first-order valence-corrected chi connectivity index (χ1v) is 4.89. The van der Waals surface area contributed by atoms with Crippen molar-refractivity contribution >= 4 is 29.5 Å². The van der Waals surface area contributed by atoms with Gasteiger partial charge in [-0.15, -0.1) is 23.7 Å². The van der Waals surface area contributed by atoms with Crippen molar-refractivity contribution < 1.29 is 4.79 Å². The van der Waals surface area contributed by atoms with Crippen molar-refractivity contribution in [1.82, 2.24) is 0 Å². The van der Waals surface area contributed by atoms with Crippen molar-refractivity contribution in [3.05, 3.63) is 58.3 Å². The molecule has 0 radical (unpaired) electrons. The molecule has 0 aliphatic heterocycles. The third-order valence-electron chi connectivity index (χ3n) is 1.78. The van der Waals surface area contributed by atoms with Gasteiger partial charge in [0.1, 0.15) is 0 Å². The number of halogens is 1. The fraction of sp³-hybridized carbons (Fsp3) is 0. The highest BCUT2D eigenvalue weighted by atomic mass is 35.5. The summed E-state index contributed by atoms with van der Waals surface area (Å²) in [5.41, 5.74) is 0.755. The highest BCUT2D eigenvalue weighted by Crippen LogP contribution is 2.14. The molecule has 0 fully saturated rings. The summed E-state index contributed by atoms with van der Waals surface area (Å²) in [5, 5.41) is 1.91. The van der Waals surface area contributed by atoms with E-state index in [1.807, 2.05) is 47.8 Å². The molecule has 0 saturated carbocycles. The van der Waals surface area contributed by atoms with Crippen LogP contribution in [0.25, 0.3) is 0 Å². The van der Waals surface area contributed by atoms with Gasteiger partial charge in [0.15, 0.2) is 0 Å². The molecule has 0 spiro atoms. The maximum atomic E-state index is 11.7. The first kappa shape index (κ1) is 11.0. The molecule has 0 saturated heterocycles. The molecule has 0 N–H and O–H groups in total. The fourth-order valence-corrected chi connectivity index (χ4v) is 1.83. The third kappa shape index (κ3) is 2.22. The van der Waals surface area contributed by atoms with Crippen LogP contribution in [-0.4, -0.2) is 5.78 Å². The SMILES string of the molecule is Cl.O=C(c1ccccc1)c1cccs1. The average Bonchev–Trinajstić information content (AvgIpc) is 2.71. The van der Waals surface area contributed by atoms with E-state index in [-0.39, 0.29) is 18.2 Å². The van der Waals surface area contributed by atoms with Gasteiger partial charge in [-0.25, -0.2) is 0 Å². The van der Waals surface area contributed by atoms with Gasteiger partial charge in [0.2, 0.25) is 5.78 Å². The number of rotatable bonds is 2.